The maximum Gasteiger partial charge on any atom is 0.337 e. The van der Waals surface area contributed by atoms with Gasteiger partial charge in [-0.05, 0) is 71.8 Å². The third-order valence-electron chi connectivity index (χ3n) is 4.17. The van der Waals surface area contributed by atoms with Crippen molar-refractivity contribution < 1.29 is 24.2 Å². The molecule has 0 radical (unpaired) electrons. The van der Waals surface area contributed by atoms with Crippen LogP contribution < -0.4 is 10.2 Å². The van der Waals surface area contributed by atoms with Gasteiger partial charge in [-0.25, -0.2) is 10.2 Å². The van der Waals surface area contributed by atoms with Crippen molar-refractivity contribution in [3.8, 4) is 11.5 Å². The molecule has 0 aromatic heterocycles. The summed E-state index contributed by atoms with van der Waals surface area (Å²) in [6.45, 7) is 0.359. The standard InChI is InChI=1S/C23H20N2O5/c1-29-23(28)19-6-2-17(3-7-19)15-30-21-12-4-16(5-13-21)14-24-25-22(27)18-8-10-20(26)11-9-18/h2-14,26H,15H2,1H3,(H,25,27)/b24-14-. The minimum Gasteiger partial charge on any atom is -0.508 e. The number of hydrazone groups is 1. The van der Waals surface area contributed by atoms with Crippen LogP contribution in [0.5, 0.6) is 11.5 Å². The van der Waals surface area contributed by atoms with Crippen molar-refractivity contribution in [2.75, 3.05) is 7.11 Å². The Morgan fingerprint density at radius 1 is 0.933 bits per heavy atom. The molecule has 0 fully saturated rings. The summed E-state index contributed by atoms with van der Waals surface area (Å²) in [6.07, 6.45) is 1.52. The summed E-state index contributed by atoms with van der Waals surface area (Å²) < 4.78 is 10.4. The Morgan fingerprint density at radius 3 is 2.20 bits per heavy atom. The Bertz CT molecular complexity index is 1030. The second-order valence-corrected chi connectivity index (χ2v) is 6.29. The summed E-state index contributed by atoms with van der Waals surface area (Å²) in [5.74, 6) is 0.0243. The largest absolute Gasteiger partial charge is 0.508 e. The molecule has 0 saturated carbocycles. The van der Waals surface area contributed by atoms with E-state index in [4.69, 9.17) is 4.74 Å². The molecule has 152 valence electrons. The first-order valence-corrected chi connectivity index (χ1v) is 9.08. The number of hydrogen-bond donors (Lipinski definition) is 2. The summed E-state index contributed by atoms with van der Waals surface area (Å²) in [6, 6.07) is 20.1. The van der Waals surface area contributed by atoms with Crippen molar-refractivity contribution in [1.29, 1.82) is 0 Å². The first kappa shape index (κ1) is 20.6. The number of aromatic hydroxyl groups is 1. The molecular weight excluding hydrogens is 384 g/mol. The maximum atomic E-state index is 11.9. The van der Waals surface area contributed by atoms with Crippen molar-refractivity contribution >= 4 is 18.1 Å². The van der Waals surface area contributed by atoms with E-state index in [-0.39, 0.29) is 17.6 Å². The molecule has 0 aliphatic heterocycles. The summed E-state index contributed by atoms with van der Waals surface area (Å²) in [5.41, 5.74) is 5.02. The molecule has 0 atom stereocenters. The molecule has 0 aliphatic carbocycles. The van der Waals surface area contributed by atoms with Gasteiger partial charge in [-0.2, -0.15) is 5.10 Å². The van der Waals surface area contributed by atoms with Gasteiger partial charge in [-0.1, -0.05) is 12.1 Å². The number of benzene rings is 3. The summed E-state index contributed by atoms with van der Waals surface area (Å²) in [7, 11) is 1.34. The highest BCUT2D eigenvalue weighted by Gasteiger charge is 2.05. The molecular formula is C23H20N2O5. The number of phenolic OH excluding ortho intramolecular Hbond substituents is 1. The van der Waals surface area contributed by atoms with Crippen molar-refractivity contribution in [3.63, 3.8) is 0 Å². The van der Waals surface area contributed by atoms with E-state index in [1.54, 1.807) is 24.3 Å². The molecule has 7 heteroatoms. The van der Waals surface area contributed by atoms with Gasteiger partial charge in [0.05, 0.1) is 18.9 Å². The van der Waals surface area contributed by atoms with Gasteiger partial charge in [0.2, 0.25) is 0 Å². The number of esters is 1. The number of rotatable bonds is 7. The number of hydrogen-bond acceptors (Lipinski definition) is 6. The molecule has 3 rings (SSSR count). The monoisotopic (exact) mass is 404 g/mol. The maximum absolute atomic E-state index is 11.9. The third-order valence-corrected chi connectivity index (χ3v) is 4.17. The first-order chi connectivity index (χ1) is 14.5. The van der Waals surface area contributed by atoms with E-state index in [9.17, 15) is 14.7 Å². The lowest BCUT2D eigenvalue weighted by Gasteiger charge is -2.07. The molecule has 3 aromatic carbocycles. The van der Waals surface area contributed by atoms with Crippen LogP contribution in [0.3, 0.4) is 0 Å². The van der Waals surface area contributed by atoms with Crippen LogP contribution >= 0.6 is 0 Å². The SMILES string of the molecule is COC(=O)c1ccc(COc2ccc(/C=N\NC(=O)c3ccc(O)cc3)cc2)cc1. The van der Waals surface area contributed by atoms with Crippen LogP contribution in [0.2, 0.25) is 0 Å². The van der Waals surface area contributed by atoms with Gasteiger partial charge in [-0.3, -0.25) is 4.79 Å². The molecule has 3 aromatic rings. The summed E-state index contributed by atoms with van der Waals surface area (Å²) >= 11 is 0. The lowest BCUT2D eigenvalue weighted by molar-refractivity contribution is 0.0600. The Labute approximate surface area is 173 Å². The highest BCUT2D eigenvalue weighted by molar-refractivity contribution is 5.95. The van der Waals surface area contributed by atoms with Crippen LogP contribution in [0.15, 0.2) is 77.9 Å². The quantitative estimate of drug-likeness (QED) is 0.357. The zero-order valence-electron chi connectivity index (χ0n) is 16.2. The zero-order valence-corrected chi connectivity index (χ0v) is 16.2. The minimum absolute atomic E-state index is 0.0931. The van der Waals surface area contributed by atoms with Crippen molar-refractivity contribution in [2.45, 2.75) is 6.61 Å². The van der Waals surface area contributed by atoms with E-state index in [0.29, 0.717) is 23.5 Å². The number of methoxy groups -OCH3 is 1. The number of carbonyl (C=O) groups excluding carboxylic acids is 2. The van der Waals surface area contributed by atoms with Crippen molar-refractivity contribution in [1.82, 2.24) is 5.43 Å². The average molecular weight is 404 g/mol. The molecule has 2 N–H and O–H groups in total. The Morgan fingerprint density at radius 2 is 1.57 bits per heavy atom. The fraction of sp³-hybridized carbons (Fsp3) is 0.0870. The zero-order chi connectivity index (χ0) is 21.3. The van der Waals surface area contributed by atoms with E-state index < -0.39 is 0 Å². The Hall–Kier alpha value is -4.13. The van der Waals surface area contributed by atoms with Gasteiger partial charge in [0.1, 0.15) is 18.1 Å². The number of nitrogens with zero attached hydrogens (tertiary/aromatic N) is 1. The van der Waals surface area contributed by atoms with Crippen LogP contribution in [-0.4, -0.2) is 30.3 Å². The number of carbonyl (C=O) groups is 2. The second kappa shape index (κ2) is 9.88. The van der Waals surface area contributed by atoms with E-state index in [1.807, 2.05) is 24.3 Å². The lowest BCUT2D eigenvalue weighted by Crippen LogP contribution is -2.17. The van der Waals surface area contributed by atoms with E-state index in [1.165, 1.54) is 37.6 Å². The fourth-order valence-corrected chi connectivity index (χ4v) is 2.51. The molecule has 30 heavy (non-hydrogen) atoms. The Kier molecular flexibility index (Phi) is 6.78. The number of amides is 1. The molecule has 0 spiro atoms. The topological polar surface area (TPSA) is 97.2 Å². The van der Waals surface area contributed by atoms with E-state index in [0.717, 1.165) is 11.1 Å². The van der Waals surface area contributed by atoms with Crippen LogP contribution in [0.25, 0.3) is 0 Å². The fourth-order valence-electron chi connectivity index (χ4n) is 2.51. The Balaban J connectivity index is 1.49. The molecule has 0 heterocycles. The summed E-state index contributed by atoms with van der Waals surface area (Å²) in [4.78, 5) is 23.4. The van der Waals surface area contributed by atoms with Gasteiger partial charge < -0.3 is 14.6 Å². The van der Waals surface area contributed by atoms with Crippen LogP contribution in [0.1, 0.15) is 31.8 Å². The number of ether oxygens (including phenoxy) is 2. The third kappa shape index (κ3) is 5.68. The molecule has 0 saturated heterocycles. The number of phenols is 1. The predicted octanol–water partition coefficient (Wildman–Crippen LogP) is 3.52. The average Bonchev–Trinajstić information content (AvgIpc) is 2.78. The van der Waals surface area contributed by atoms with Gasteiger partial charge >= 0.3 is 5.97 Å². The molecule has 1 amide bonds. The molecule has 0 bridgehead atoms. The van der Waals surface area contributed by atoms with E-state index in [2.05, 4.69) is 15.3 Å². The van der Waals surface area contributed by atoms with Crippen LogP contribution in [-0.2, 0) is 11.3 Å². The highest BCUT2D eigenvalue weighted by Crippen LogP contribution is 2.14. The number of nitrogens with one attached hydrogen (secondary N) is 1. The van der Waals surface area contributed by atoms with Crippen LogP contribution in [0, 0.1) is 0 Å². The van der Waals surface area contributed by atoms with Crippen molar-refractivity contribution in [3.05, 3.63) is 95.1 Å². The van der Waals surface area contributed by atoms with Crippen LogP contribution in [0.4, 0.5) is 0 Å². The molecule has 0 aliphatic rings. The molecule has 0 unspecified atom stereocenters. The molecule has 7 nitrogen and oxygen atoms in total. The van der Waals surface area contributed by atoms with Gasteiger partial charge in [0.15, 0.2) is 0 Å². The predicted molar refractivity (Wildman–Crippen MR) is 112 cm³/mol. The van der Waals surface area contributed by atoms with Gasteiger partial charge in [0, 0.05) is 5.56 Å². The van der Waals surface area contributed by atoms with E-state index >= 15 is 0 Å². The van der Waals surface area contributed by atoms with Gasteiger partial charge in [-0.15, -0.1) is 0 Å². The first-order valence-electron chi connectivity index (χ1n) is 9.08. The van der Waals surface area contributed by atoms with Crippen molar-refractivity contribution in [2.24, 2.45) is 5.10 Å². The highest BCUT2D eigenvalue weighted by atomic mass is 16.5. The second-order valence-electron chi connectivity index (χ2n) is 6.29. The lowest BCUT2D eigenvalue weighted by atomic mass is 10.1. The smallest absolute Gasteiger partial charge is 0.337 e. The minimum atomic E-state index is -0.376. The summed E-state index contributed by atoms with van der Waals surface area (Å²) in [5, 5.41) is 13.2. The van der Waals surface area contributed by atoms with Gasteiger partial charge in [0.25, 0.3) is 5.91 Å². The normalized spacial score (nSPS) is 10.6.